The van der Waals surface area contributed by atoms with Crippen molar-refractivity contribution in [3.05, 3.63) is 118 Å². The maximum atomic E-state index is 13.8. The van der Waals surface area contributed by atoms with Crippen LogP contribution in [-0.2, 0) is 6.54 Å². The Kier molecular flexibility index (Phi) is 5.12. The van der Waals surface area contributed by atoms with Crippen LogP contribution < -0.4 is 10.2 Å². The predicted octanol–water partition coefficient (Wildman–Crippen LogP) is 4.16. The van der Waals surface area contributed by atoms with Gasteiger partial charge in [0.2, 0.25) is 0 Å². The zero-order valence-electron chi connectivity index (χ0n) is 15.4. The fourth-order valence-corrected chi connectivity index (χ4v) is 3.00. The molecule has 0 atom stereocenters. The van der Waals surface area contributed by atoms with Crippen molar-refractivity contribution in [2.75, 3.05) is 0 Å². The molecule has 2 heterocycles. The standard InChI is InChI=1S/C24H17FNO3/c25-21-7-3-1-6-19(21)16-26-13-11-17(12-14-26)9-10-22(27)20-15-18-5-2-4-8-23(18)29-24(20)28/h1-15H,16H2/q+1/b10-9+. The van der Waals surface area contributed by atoms with Crippen molar-refractivity contribution in [3.8, 4) is 0 Å². The molecule has 0 aliphatic carbocycles. The van der Waals surface area contributed by atoms with Crippen LogP contribution in [-0.4, -0.2) is 5.78 Å². The Bertz CT molecular complexity index is 1270. The van der Waals surface area contributed by atoms with Crippen molar-refractivity contribution in [3.63, 3.8) is 0 Å². The minimum Gasteiger partial charge on any atom is -0.422 e. The molecule has 142 valence electrons. The molecule has 0 radical (unpaired) electrons. The summed E-state index contributed by atoms with van der Waals surface area (Å²) < 4.78 is 20.8. The molecule has 0 amide bonds. The van der Waals surface area contributed by atoms with Gasteiger partial charge in [0.05, 0.1) is 5.56 Å². The number of carbonyl (C=O) groups excluding carboxylic acids is 1. The van der Waals surface area contributed by atoms with Crippen molar-refractivity contribution in [1.29, 1.82) is 0 Å². The number of pyridine rings is 1. The average Bonchev–Trinajstić information content (AvgIpc) is 2.74. The summed E-state index contributed by atoms with van der Waals surface area (Å²) in [5, 5.41) is 0.692. The zero-order valence-corrected chi connectivity index (χ0v) is 15.4. The maximum Gasteiger partial charge on any atom is 0.347 e. The third-order valence-electron chi connectivity index (χ3n) is 4.56. The van der Waals surface area contributed by atoms with Crippen LogP contribution in [0.1, 0.15) is 21.5 Å². The summed E-state index contributed by atoms with van der Waals surface area (Å²) in [6, 6.07) is 18.8. The molecule has 0 spiro atoms. The van der Waals surface area contributed by atoms with Crippen LogP contribution in [0.5, 0.6) is 0 Å². The van der Waals surface area contributed by atoms with Gasteiger partial charge in [0.15, 0.2) is 24.7 Å². The van der Waals surface area contributed by atoms with Gasteiger partial charge in [-0.25, -0.2) is 13.8 Å². The summed E-state index contributed by atoms with van der Waals surface area (Å²) >= 11 is 0. The molecule has 0 aliphatic rings. The lowest BCUT2D eigenvalue weighted by molar-refractivity contribution is -0.688. The number of benzene rings is 2. The number of carbonyl (C=O) groups is 1. The van der Waals surface area contributed by atoms with E-state index in [1.807, 2.05) is 22.8 Å². The topological polar surface area (TPSA) is 51.2 Å². The normalized spacial score (nSPS) is 11.2. The second-order valence-electron chi connectivity index (χ2n) is 6.58. The van der Waals surface area contributed by atoms with Crippen LogP contribution in [0.4, 0.5) is 4.39 Å². The molecule has 0 bridgehead atoms. The molecule has 4 nitrogen and oxygen atoms in total. The Labute approximate surface area is 166 Å². The fraction of sp³-hybridized carbons (Fsp3) is 0.0417. The predicted molar refractivity (Wildman–Crippen MR) is 108 cm³/mol. The van der Waals surface area contributed by atoms with Crippen LogP contribution in [0.2, 0.25) is 0 Å². The quantitative estimate of drug-likeness (QED) is 0.224. The highest BCUT2D eigenvalue weighted by Crippen LogP contribution is 2.13. The van der Waals surface area contributed by atoms with E-state index < -0.39 is 11.4 Å². The van der Waals surface area contributed by atoms with Gasteiger partial charge in [-0.15, -0.1) is 0 Å². The Morgan fingerprint density at radius 2 is 1.72 bits per heavy atom. The van der Waals surface area contributed by atoms with E-state index in [0.29, 0.717) is 23.1 Å². The van der Waals surface area contributed by atoms with E-state index in [1.165, 1.54) is 12.1 Å². The lowest BCUT2D eigenvalue weighted by atomic mass is 10.1. The molecular formula is C24H17FNO3+. The van der Waals surface area contributed by atoms with E-state index in [-0.39, 0.29) is 11.4 Å². The van der Waals surface area contributed by atoms with E-state index in [2.05, 4.69) is 0 Å². The SMILES string of the molecule is O=C(/C=C/c1cc[n+](Cc2ccccc2F)cc1)c1cc2ccccc2oc1=O. The van der Waals surface area contributed by atoms with Crippen molar-refractivity contribution in [1.82, 2.24) is 0 Å². The molecule has 4 rings (SSSR count). The minimum absolute atomic E-state index is 0.00880. The van der Waals surface area contributed by atoms with Crippen molar-refractivity contribution >= 4 is 22.8 Å². The number of fused-ring (bicyclic) bond motifs is 1. The molecule has 0 aliphatic heterocycles. The van der Waals surface area contributed by atoms with Crippen LogP contribution in [0.3, 0.4) is 0 Å². The van der Waals surface area contributed by atoms with Crippen LogP contribution in [0, 0.1) is 5.82 Å². The molecule has 0 saturated heterocycles. The Balaban J connectivity index is 1.50. The van der Waals surface area contributed by atoms with Gasteiger partial charge in [0.1, 0.15) is 17.0 Å². The first kappa shape index (κ1) is 18.5. The Morgan fingerprint density at radius 1 is 1.00 bits per heavy atom. The summed E-state index contributed by atoms with van der Waals surface area (Å²) in [6.45, 7) is 0.410. The third kappa shape index (κ3) is 4.19. The van der Waals surface area contributed by atoms with Gasteiger partial charge < -0.3 is 4.42 Å². The van der Waals surface area contributed by atoms with Gasteiger partial charge in [-0.1, -0.05) is 36.4 Å². The lowest BCUT2D eigenvalue weighted by Gasteiger charge is -2.00. The van der Waals surface area contributed by atoms with Gasteiger partial charge in [0, 0.05) is 17.5 Å². The van der Waals surface area contributed by atoms with E-state index in [9.17, 15) is 14.0 Å². The highest BCUT2D eigenvalue weighted by Gasteiger charge is 2.11. The first-order valence-electron chi connectivity index (χ1n) is 9.08. The van der Waals surface area contributed by atoms with Crippen LogP contribution >= 0.6 is 0 Å². The van der Waals surface area contributed by atoms with E-state index >= 15 is 0 Å². The second-order valence-corrected chi connectivity index (χ2v) is 6.58. The third-order valence-corrected chi connectivity index (χ3v) is 4.56. The largest absolute Gasteiger partial charge is 0.422 e. The molecule has 0 N–H and O–H groups in total. The van der Waals surface area contributed by atoms with E-state index in [4.69, 9.17) is 4.42 Å². The second kappa shape index (κ2) is 8.02. The molecule has 0 unspecified atom stereocenters. The number of rotatable bonds is 5. The zero-order chi connectivity index (χ0) is 20.2. The maximum absolute atomic E-state index is 13.8. The van der Waals surface area contributed by atoms with Gasteiger partial charge in [-0.3, -0.25) is 4.79 Å². The summed E-state index contributed by atoms with van der Waals surface area (Å²) in [7, 11) is 0. The number of aromatic nitrogens is 1. The van der Waals surface area contributed by atoms with Crippen molar-refractivity contribution in [2.45, 2.75) is 6.54 Å². The summed E-state index contributed by atoms with van der Waals surface area (Å²) in [6.07, 6.45) is 6.59. The molecule has 4 aromatic rings. The molecule has 5 heteroatoms. The van der Waals surface area contributed by atoms with Gasteiger partial charge in [-0.2, -0.15) is 0 Å². The number of nitrogens with zero attached hydrogens (tertiary/aromatic N) is 1. The molecule has 0 saturated carbocycles. The summed E-state index contributed by atoms with van der Waals surface area (Å²) in [5.41, 5.74) is 1.16. The highest BCUT2D eigenvalue weighted by molar-refractivity contribution is 6.07. The smallest absolute Gasteiger partial charge is 0.347 e. The van der Waals surface area contributed by atoms with Gasteiger partial charge >= 0.3 is 5.63 Å². The van der Waals surface area contributed by atoms with Crippen molar-refractivity contribution in [2.24, 2.45) is 0 Å². The van der Waals surface area contributed by atoms with E-state index in [1.54, 1.807) is 60.9 Å². The number of halogens is 1. The Hall–Kier alpha value is -3.86. The average molecular weight is 386 g/mol. The van der Waals surface area contributed by atoms with Crippen LogP contribution in [0.15, 0.2) is 94.4 Å². The molecular weight excluding hydrogens is 369 g/mol. The van der Waals surface area contributed by atoms with Gasteiger partial charge in [-0.05, 0) is 35.9 Å². The van der Waals surface area contributed by atoms with Crippen molar-refractivity contribution < 1.29 is 18.2 Å². The Morgan fingerprint density at radius 3 is 2.52 bits per heavy atom. The van der Waals surface area contributed by atoms with Crippen LogP contribution in [0.25, 0.3) is 17.0 Å². The monoisotopic (exact) mass is 386 g/mol. The number of hydrogen-bond acceptors (Lipinski definition) is 3. The summed E-state index contributed by atoms with van der Waals surface area (Å²) in [5.74, 6) is -0.670. The molecule has 2 aromatic heterocycles. The fourth-order valence-electron chi connectivity index (χ4n) is 3.00. The highest BCUT2D eigenvalue weighted by atomic mass is 19.1. The summed E-state index contributed by atoms with van der Waals surface area (Å²) in [4.78, 5) is 24.5. The molecule has 29 heavy (non-hydrogen) atoms. The molecule has 2 aromatic carbocycles. The first-order chi connectivity index (χ1) is 14.1. The number of para-hydroxylation sites is 1. The van der Waals surface area contributed by atoms with E-state index in [0.717, 1.165) is 5.56 Å². The molecule has 0 fully saturated rings. The lowest BCUT2D eigenvalue weighted by Crippen LogP contribution is -2.33. The minimum atomic E-state index is -0.658. The number of allylic oxidation sites excluding steroid dienone is 1. The first-order valence-corrected chi connectivity index (χ1v) is 9.08. The number of hydrogen-bond donors (Lipinski definition) is 0. The van der Waals surface area contributed by atoms with Gasteiger partial charge in [0.25, 0.3) is 0 Å². The number of ketones is 1.